The maximum atomic E-state index is 13.7. The van der Waals surface area contributed by atoms with Crippen molar-refractivity contribution in [1.29, 1.82) is 0 Å². The predicted molar refractivity (Wildman–Crippen MR) is 113 cm³/mol. The van der Waals surface area contributed by atoms with Crippen molar-refractivity contribution in [2.24, 2.45) is 5.92 Å². The molecule has 1 fully saturated rings. The number of hydrogen-bond donors (Lipinski definition) is 3. The highest BCUT2D eigenvalue weighted by molar-refractivity contribution is 7.52. The first kappa shape index (κ1) is 26.2. The summed E-state index contributed by atoms with van der Waals surface area (Å²) in [4.78, 5) is 24.2. The van der Waals surface area contributed by atoms with Gasteiger partial charge in [-0.25, -0.2) is 10.0 Å². The van der Waals surface area contributed by atoms with E-state index in [9.17, 15) is 14.2 Å². The Kier molecular flexibility index (Phi) is 8.81. The molecule has 4 atom stereocenters. The maximum Gasteiger partial charge on any atom is 0.459 e. The van der Waals surface area contributed by atoms with Crippen molar-refractivity contribution in [3.05, 3.63) is 29.8 Å². The summed E-state index contributed by atoms with van der Waals surface area (Å²) in [5.41, 5.74) is 2.48. The third-order valence-corrected chi connectivity index (χ3v) is 6.16. The molecule has 0 saturated carbocycles. The van der Waals surface area contributed by atoms with Gasteiger partial charge in [0.1, 0.15) is 17.9 Å². The van der Waals surface area contributed by atoms with E-state index in [4.69, 9.17) is 28.5 Å². The molecule has 1 unspecified atom stereocenters. The number of carbonyl (C=O) groups excluding carboxylic acids is 2. The van der Waals surface area contributed by atoms with Crippen molar-refractivity contribution in [1.82, 2.24) is 10.6 Å². The molecule has 32 heavy (non-hydrogen) atoms. The molecule has 1 amide bonds. The molecule has 1 heterocycles. The summed E-state index contributed by atoms with van der Waals surface area (Å²) in [7, 11) is -2.96. The predicted octanol–water partition coefficient (Wildman–Crippen LogP) is 2.31. The van der Waals surface area contributed by atoms with Crippen molar-refractivity contribution >= 4 is 19.6 Å². The minimum Gasteiger partial charge on any atom is -0.468 e. The third-order valence-electron chi connectivity index (χ3n) is 4.63. The Morgan fingerprint density at radius 2 is 1.84 bits per heavy atom. The van der Waals surface area contributed by atoms with Crippen LogP contribution in [0, 0.1) is 12.8 Å². The van der Waals surface area contributed by atoms with Gasteiger partial charge < -0.3 is 18.7 Å². The molecule has 0 bridgehead atoms. The number of methoxy groups -OCH3 is 1. The number of nitrogens with one attached hydrogen (secondary N) is 2. The van der Waals surface area contributed by atoms with Crippen LogP contribution in [-0.2, 0) is 32.9 Å². The summed E-state index contributed by atoms with van der Waals surface area (Å²) in [5, 5.41) is 11.6. The second-order valence-electron chi connectivity index (χ2n) is 8.14. The molecule has 0 aliphatic carbocycles. The minimum atomic E-state index is -4.17. The Balaban J connectivity index is 2.27. The van der Waals surface area contributed by atoms with Crippen molar-refractivity contribution in [3.8, 4) is 5.75 Å². The van der Waals surface area contributed by atoms with Crippen LogP contribution in [0.5, 0.6) is 5.75 Å². The number of benzene rings is 1. The zero-order chi connectivity index (χ0) is 24.1. The van der Waals surface area contributed by atoms with Gasteiger partial charge in [-0.2, -0.15) is 5.09 Å². The van der Waals surface area contributed by atoms with Gasteiger partial charge in [0.2, 0.25) is 0 Å². The van der Waals surface area contributed by atoms with Crippen LogP contribution in [0.1, 0.15) is 33.3 Å². The molecule has 1 aromatic carbocycles. The zero-order valence-electron chi connectivity index (χ0n) is 19.0. The lowest BCUT2D eigenvalue weighted by molar-refractivity contribution is -0.160. The fourth-order valence-electron chi connectivity index (χ4n) is 3.01. The smallest absolute Gasteiger partial charge is 0.459 e. The van der Waals surface area contributed by atoms with E-state index in [0.29, 0.717) is 0 Å². The van der Waals surface area contributed by atoms with E-state index in [-0.39, 0.29) is 11.7 Å². The van der Waals surface area contributed by atoms with Crippen LogP contribution in [-0.4, -0.2) is 54.8 Å². The fraction of sp³-hybridized carbons (Fsp3) is 0.600. The van der Waals surface area contributed by atoms with Crippen LogP contribution in [0.15, 0.2) is 24.3 Å². The molecule has 0 aromatic heterocycles. The number of ether oxygens (including phenoxy) is 3. The maximum absolute atomic E-state index is 13.7. The molecule has 0 spiro atoms. The Morgan fingerprint density at radius 3 is 2.38 bits per heavy atom. The lowest BCUT2D eigenvalue weighted by Gasteiger charge is -2.27. The highest BCUT2D eigenvalue weighted by Gasteiger charge is 2.47. The van der Waals surface area contributed by atoms with Crippen molar-refractivity contribution in [3.63, 3.8) is 0 Å². The van der Waals surface area contributed by atoms with Crippen LogP contribution in [0.2, 0.25) is 0 Å². The first-order chi connectivity index (χ1) is 14.9. The van der Waals surface area contributed by atoms with E-state index in [0.717, 1.165) is 5.56 Å². The highest BCUT2D eigenvalue weighted by Crippen LogP contribution is 2.46. The number of aryl methyl sites for hydroxylation is 1. The van der Waals surface area contributed by atoms with Crippen molar-refractivity contribution in [2.45, 2.75) is 58.7 Å². The largest absolute Gasteiger partial charge is 0.468 e. The molecule has 2 rings (SSSR count). The summed E-state index contributed by atoms with van der Waals surface area (Å²) in [6.45, 7) is 8.12. The summed E-state index contributed by atoms with van der Waals surface area (Å²) in [6, 6.07) is 5.74. The molecular formula is C20H31N2O9P. The number of carbonyl (C=O) groups is 2. The van der Waals surface area contributed by atoms with E-state index in [2.05, 4.69) is 5.09 Å². The van der Waals surface area contributed by atoms with Gasteiger partial charge in [-0.1, -0.05) is 31.5 Å². The quantitative estimate of drug-likeness (QED) is 0.200. The summed E-state index contributed by atoms with van der Waals surface area (Å²) >= 11 is 0. The Labute approximate surface area is 187 Å². The molecular weight excluding hydrogens is 443 g/mol. The van der Waals surface area contributed by atoms with Gasteiger partial charge in [-0.05, 0) is 38.8 Å². The summed E-state index contributed by atoms with van der Waals surface area (Å²) in [5.74, 6) is -2.70. The topological polar surface area (TPSA) is 142 Å². The van der Waals surface area contributed by atoms with Gasteiger partial charge in [0.25, 0.3) is 5.91 Å². The van der Waals surface area contributed by atoms with Crippen LogP contribution >= 0.6 is 7.75 Å². The van der Waals surface area contributed by atoms with Gasteiger partial charge in [0.05, 0.1) is 13.7 Å². The standard InChI is InChI=1S/C20H31N2O9P/c1-12(2)16(19(24)27-6)22-32(26,31-14-9-7-13(3)8-10-14)28-11-15-17(18(23)21-25)30-20(4,5)29-15/h7-10,12,15-17,25H,11H2,1-6H3,(H,21,23)(H,22,26)/t15-,16-,17-,32?/m1/s1. The first-order valence-corrected chi connectivity index (χ1v) is 11.6. The van der Waals surface area contributed by atoms with Crippen molar-refractivity contribution < 1.29 is 42.6 Å². The van der Waals surface area contributed by atoms with Crippen LogP contribution in [0.3, 0.4) is 0 Å². The lowest BCUT2D eigenvalue weighted by Crippen LogP contribution is -2.43. The number of esters is 1. The van der Waals surface area contributed by atoms with Gasteiger partial charge in [0.15, 0.2) is 11.9 Å². The molecule has 11 nitrogen and oxygen atoms in total. The van der Waals surface area contributed by atoms with E-state index in [1.807, 2.05) is 6.92 Å². The SMILES string of the molecule is COC(=O)[C@H](NP(=O)(OC[C@H]1OC(C)(C)O[C@H]1C(=O)NO)Oc1ccc(C)cc1)C(C)C. The third kappa shape index (κ3) is 6.99. The summed E-state index contributed by atoms with van der Waals surface area (Å²) < 4.78 is 40.8. The van der Waals surface area contributed by atoms with Crippen LogP contribution in [0.4, 0.5) is 0 Å². The molecule has 1 aliphatic heterocycles. The summed E-state index contributed by atoms with van der Waals surface area (Å²) in [6.07, 6.45) is -2.23. The Morgan fingerprint density at radius 1 is 1.22 bits per heavy atom. The molecule has 1 saturated heterocycles. The van der Waals surface area contributed by atoms with Gasteiger partial charge in [-0.3, -0.25) is 19.3 Å². The fourth-order valence-corrected chi connectivity index (χ4v) is 4.68. The molecule has 1 aromatic rings. The Bertz CT molecular complexity index is 844. The first-order valence-electron chi connectivity index (χ1n) is 10.1. The second-order valence-corrected chi connectivity index (χ2v) is 9.84. The van der Waals surface area contributed by atoms with E-state index >= 15 is 0 Å². The van der Waals surface area contributed by atoms with Crippen LogP contribution in [0.25, 0.3) is 0 Å². The molecule has 12 heteroatoms. The van der Waals surface area contributed by atoms with Gasteiger partial charge in [0, 0.05) is 0 Å². The van der Waals surface area contributed by atoms with E-state index in [1.54, 1.807) is 52.0 Å². The minimum absolute atomic E-state index is 0.243. The molecule has 1 aliphatic rings. The monoisotopic (exact) mass is 474 g/mol. The van der Waals surface area contributed by atoms with Gasteiger partial charge >= 0.3 is 13.7 Å². The number of rotatable bonds is 10. The normalized spacial score (nSPS) is 22.8. The average molecular weight is 474 g/mol. The number of amides is 1. The number of hydroxylamine groups is 1. The zero-order valence-corrected chi connectivity index (χ0v) is 19.9. The lowest BCUT2D eigenvalue weighted by atomic mass is 10.1. The number of hydrogen-bond acceptors (Lipinski definition) is 9. The van der Waals surface area contributed by atoms with Crippen LogP contribution < -0.4 is 15.1 Å². The molecule has 3 N–H and O–H groups in total. The Hall–Kier alpha value is -2.01. The molecule has 0 radical (unpaired) electrons. The highest BCUT2D eigenvalue weighted by atomic mass is 31.2. The average Bonchev–Trinajstić information content (AvgIpc) is 3.05. The van der Waals surface area contributed by atoms with Crippen molar-refractivity contribution in [2.75, 3.05) is 13.7 Å². The van der Waals surface area contributed by atoms with E-state index < -0.39 is 50.3 Å². The van der Waals surface area contributed by atoms with Gasteiger partial charge in [-0.15, -0.1) is 0 Å². The molecule has 180 valence electrons. The van der Waals surface area contributed by atoms with E-state index in [1.165, 1.54) is 12.6 Å². The second kappa shape index (κ2) is 10.7.